The lowest BCUT2D eigenvalue weighted by Gasteiger charge is -2.55. The van der Waals surface area contributed by atoms with E-state index >= 15 is 0 Å². The normalized spacial score (nSPS) is 45.9. The average molecular weight is 551 g/mol. The van der Waals surface area contributed by atoms with E-state index in [9.17, 15) is 29.4 Å². The van der Waals surface area contributed by atoms with E-state index in [0.717, 1.165) is 0 Å². The molecule has 0 amide bonds. The Labute approximate surface area is 227 Å². The molecule has 11 heteroatoms. The van der Waals surface area contributed by atoms with E-state index in [1.807, 2.05) is 6.92 Å². The van der Waals surface area contributed by atoms with Crippen LogP contribution in [-0.4, -0.2) is 81.4 Å². The summed E-state index contributed by atoms with van der Waals surface area (Å²) in [6, 6.07) is 0. The van der Waals surface area contributed by atoms with Crippen molar-refractivity contribution >= 4 is 23.9 Å². The summed E-state index contributed by atoms with van der Waals surface area (Å²) in [5, 5.41) is 23.4. The molecule has 11 nitrogen and oxygen atoms in total. The number of hydrogen-bond acceptors (Lipinski definition) is 11. The van der Waals surface area contributed by atoms with Gasteiger partial charge in [0, 0.05) is 38.0 Å². The number of epoxide rings is 1. The zero-order valence-electron chi connectivity index (χ0n) is 23.4. The molecule has 2 heterocycles. The summed E-state index contributed by atoms with van der Waals surface area (Å²) in [7, 11) is 0. The van der Waals surface area contributed by atoms with Crippen molar-refractivity contribution in [3.05, 3.63) is 23.8 Å². The van der Waals surface area contributed by atoms with E-state index in [1.165, 1.54) is 39.8 Å². The molecule has 0 saturated carbocycles. The zero-order valence-corrected chi connectivity index (χ0v) is 23.4. The minimum Gasteiger partial charge on any atom is -0.462 e. The highest BCUT2D eigenvalue weighted by molar-refractivity contribution is 5.89. The molecule has 2 aliphatic heterocycles. The molecule has 2 saturated heterocycles. The highest BCUT2D eigenvalue weighted by atomic mass is 16.7. The van der Waals surface area contributed by atoms with Crippen LogP contribution in [0, 0.1) is 11.3 Å². The van der Waals surface area contributed by atoms with Crippen molar-refractivity contribution in [1.82, 2.24) is 0 Å². The summed E-state index contributed by atoms with van der Waals surface area (Å²) < 4.78 is 29.1. The molecule has 4 aliphatic rings. The van der Waals surface area contributed by atoms with Gasteiger partial charge in [0.05, 0.1) is 6.10 Å². The highest BCUT2D eigenvalue weighted by Crippen LogP contribution is 2.65. The van der Waals surface area contributed by atoms with Gasteiger partial charge in [-0.05, 0) is 44.9 Å². The van der Waals surface area contributed by atoms with E-state index in [-0.39, 0.29) is 12.8 Å². The van der Waals surface area contributed by atoms with Crippen molar-refractivity contribution in [2.75, 3.05) is 0 Å². The van der Waals surface area contributed by atoms with E-state index in [4.69, 9.17) is 23.7 Å². The summed E-state index contributed by atoms with van der Waals surface area (Å²) in [6.45, 7) is 10.5. The Morgan fingerprint density at radius 1 is 1.10 bits per heavy atom. The second-order valence-electron chi connectivity index (χ2n) is 11.6. The summed E-state index contributed by atoms with van der Waals surface area (Å²) in [4.78, 5) is 50.4. The zero-order chi connectivity index (χ0) is 29.1. The van der Waals surface area contributed by atoms with Crippen LogP contribution in [0.1, 0.15) is 67.7 Å². The molecule has 0 aromatic heterocycles. The maximum absolute atomic E-state index is 13.0. The Hall–Kier alpha value is -2.76. The number of esters is 4. The third-order valence-electron chi connectivity index (χ3n) is 8.74. The van der Waals surface area contributed by atoms with Gasteiger partial charge in [-0.3, -0.25) is 14.4 Å². The Bertz CT molecular complexity index is 1120. The van der Waals surface area contributed by atoms with Crippen LogP contribution in [0.15, 0.2) is 23.8 Å². The quantitative estimate of drug-likeness (QED) is 0.222. The van der Waals surface area contributed by atoms with Gasteiger partial charge in [0.2, 0.25) is 0 Å². The van der Waals surface area contributed by atoms with Crippen LogP contribution in [-0.2, 0) is 42.9 Å². The summed E-state index contributed by atoms with van der Waals surface area (Å²) in [6.07, 6.45) is -0.415. The lowest BCUT2D eigenvalue weighted by atomic mass is 9.55. The fourth-order valence-corrected chi connectivity index (χ4v) is 6.66. The predicted molar refractivity (Wildman–Crippen MR) is 134 cm³/mol. The first-order valence-corrected chi connectivity index (χ1v) is 13.3. The maximum atomic E-state index is 13.0. The van der Waals surface area contributed by atoms with Gasteiger partial charge in [-0.2, -0.15) is 0 Å². The molecular weight excluding hydrogens is 512 g/mol. The van der Waals surface area contributed by atoms with Crippen molar-refractivity contribution in [1.29, 1.82) is 0 Å². The Morgan fingerprint density at radius 2 is 1.74 bits per heavy atom. The van der Waals surface area contributed by atoms with Gasteiger partial charge in [-0.25, -0.2) is 4.79 Å². The van der Waals surface area contributed by atoms with Crippen molar-refractivity contribution in [3.63, 3.8) is 0 Å². The smallest absolute Gasteiger partial charge is 0.342 e. The molecule has 0 bridgehead atoms. The van der Waals surface area contributed by atoms with Crippen LogP contribution in [0.3, 0.4) is 0 Å². The van der Waals surface area contributed by atoms with Gasteiger partial charge in [0.15, 0.2) is 17.3 Å². The first kappa shape index (κ1) is 29.2. The molecule has 2 aliphatic carbocycles. The van der Waals surface area contributed by atoms with Crippen molar-refractivity contribution < 1.29 is 53.1 Å². The predicted octanol–water partition coefficient (Wildman–Crippen LogP) is 1.67. The van der Waals surface area contributed by atoms with Crippen LogP contribution in [0.25, 0.3) is 0 Å². The van der Waals surface area contributed by atoms with Crippen molar-refractivity contribution in [2.24, 2.45) is 11.3 Å². The van der Waals surface area contributed by atoms with Crippen molar-refractivity contribution in [2.45, 2.75) is 115 Å². The standard InChI is InChI=1S/C28H38O11/c1-8-9-21(32)37-18-10-11-25(5)19(35-15(3)29)13-17(31)14(2)12-20-28(27(7,39-28)24(33)38-20)23(36-16(4)30)22(25)26(18,6)34/h10-12,17-20,22-23,31,34H,8-9,13H2,1-7H3/b14-12-/t17-,18+,19+,20?,22?,23+,25-,26+,27-,28?/m1/s1. The Balaban J connectivity index is 1.98. The van der Waals surface area contributed by atoms with Crippen LogP contribution >= 0.6 is 0 Å². The number of hydrogen-bond donors (Lipinski definition) is 2. The number of aliphatic hydroxyl groups is 2. The number of rotatable bonds is 5. The molecule has 1 spiro atoms. The first-order chi connectivity index (χ1) is 18.0. The Kier molecular flexibility index (Phi) is 7.27. The van der Waals surface area contributed by atoms with E-state index in [0.29, 0.717) is 12.0 Å². The first-order valence-electron chi connectivity index (χ1n) is 13.3. The lowest BCUT2D eigenvalue weighted by Crippen LogP contribution is -2.67. The van der Waals surface area contributed by atoms with Gasteiger partial charge in [-0.1, -0.05) is 19.9 Å². The second kappa shape index (κ2) is 9.71. The fourth-order valence-electron chi connectivity index (χ4n) is 6.66. The molecule has 2 N–H and O–H groups in total. The van der Waals surface area contributed by atoms with Gasteiger partial charge in [0.1, 0.15) is 23.9 Å². The number of fused-ring (bicyclic) bond motifs is 1. The van der Waals surface area contributed by atoms with Crippen LogP contribution < -0.4 is 0 Å². The summed E-state index contributed by atoms with van der Waals surface area (Å²) >= 11 is 0. The van der Waals surface area contributed by atoms with Crippen LogP contribution in [0.5, 0.6) is 0 Å². The summed E-state index contributed by atoms with van der Waals surface area (Å²) in [5.74, 6) is -3.71. The van der Waals surface area contributed by atoms with Gasteiger partial charge < -0.3 is 33.9 Å². The number of carbonyl (C=O) groups excluding carboxylic acids is 4. The SMILES string of the molecule is CCCC(=O)O[C@H]1C=C[C@@]2(C)C([C@H](OC(C)=O)C34O[C@]3(C)C(=O)OC4/C=C(/C)[C@H](O)C[C@@H]2OC(C)=O)[C@@]1(C)O. The molecule has 39 heavy (non-hydrogen) atoms. The van der Waals surface area contributed by atoms with Crippen molar-refractivity contribution in [3.8, 4) is 0 Å². The van der Waals surface area contributed by atoms with Gasteiger partial charge >= 0.3 is 23.9 Å². The molecule has 2 fully saturated rings. The molecule has 0 radical (unpaired) electrons. The topological polar surface area (TPSA) is 158 Å². The number of carbonyl (C=O) groups is 4. The average Bonchev–Trinajstić information content (AvgIpc) is 3.40. The number of ether oxygens (including phenoxy) is 5. The highest BCUT2D eigenvalue weighted by Gasteiger charge is 2.87. The lowest BCUT2D eigenvalue weighted by molar-refractivity contribution is -0.220. The monoisotopic (exact) mass is 550 g/mol. The largest absolute Gasteiger partial charge is 0.462 e. The molecule has 216 valence electrons. The third-order valence-corrected chi connectivity index (χ3v) is 8.74. The molecule has 10 atom stereocenters. The van der Waals surface area contributed by atoms with Crippen LogP contribution in [0.4, 0.5) is 0 Å². The van der Waals surface area contributed by atoms with E-state index in [2.05, 4.69) is 0 Å². The fraction of sp³-hybridized carbons (Fsp3) is 0.714. The molecular formula is C28H38O11. The second-order valence-corrected chi connectivity index (χ2v) is 11.6. The van der Waals surface area contributed by atoms with Gasteiger partial charge in [-0.15, -0.1) is 0 Å². The van der Waals surface area contributed by atoms with E-state index < -0.39 is 82.5 Å². The van der Waals surface area contributed by atoms with Gasteiger partial charge in [0.25, 0.3) is 0 Å². The number of aliphatic hydroxyl groups excluding tert-OH is 1. The van der Waals surface area contributed by atoms with E-state index in [1.54, 1.807) is 19.9 Å². The third kappa shape index (κ3) is 4.48. The molecule has 0 aromatic rings. The summed E-state index contributed by atoms with van der Waals surface area (Å²) in [5.41, 5.74) is -5.90. The molecule has 3 unspecified atom stereocenters. The molecule has 0 aromatic carbocycles. The minimum atomic E-state index is -1.92. The maximum Gasteiger partial charge on any atom is 0.342 e. The minimum absolute atomic E-state index is 0.0752. The Morgan fingerprint density at radius 3 is 2.31 bits per heavy atom. The molecule has 4 rings (SSSR count). The van der Waals surface area contributed by atoms with Crippen LogP contribution in [0.2, 0.25) is 0 Å².